The standard InChI is InChI=1S/C23H30N8O/c1-16-13-29(21-7-3-2-6-20(16)21)23-26-25-22(30(23)14-19-5-4-12-32-19)17-8-10-18(11-9-17)31-15-24-27-28-31/h8-11,15-16,19-21H,2-7,12-14H2,1H3. The first kappa shape index (κ1) is 19.8. The highest BCUT2D eigenvalue weighted by atomic mass is 16.5. The summed E-state index contributed by atoms with van der Waals surface area (Å²) in [6, 6.07) is 8.78. The summed E-state index contributed by atoms with van der Waals surface area (Å²) in [4.78, 5) is 2.55. The van der Waals surface area contributed by atoms with Crippen molar-refractivity contribution in [1.29, 1.82) is 0 Å². The van der Waals surface area contributed by atoms with Gasteiger partial charge < -0.3 is 9.64 Å². The monoisotopic (exact) mass is 434 g/mol. The SMILES string of the molecule is CC1CN(c2nnc(-c3ccc(-n4cnnn4)cc3)n2CC2CCCO2)C2CCCCC12. The Labute approximate surface area is 187 Å². The van der Waals surface area contributed by atoms with Crippen LogP contribution in [0, 0.1) is 11.8 Å². The van der Waals surface area contributed by atoms with Gasteiger partial charge in [0.2, 0.25) is 5.95 Å². The van der Waals surface area contributed by atoms with Crippen LogP contribution < -0.4 is 4.90 Å². The fourth-order valence-electron chi connectivity index (χ4n) is 5.93. The van der Waals surface area contributed by atoms with E-state index in [0.717, 1.165) is 61.5 Å². The maximum Gasteiger partial charge on any atom is 0.227 e. The predicted molar refractivity (Wildman–Crippen MR) is 119 cm³/mol. The number of benzene rings is 1. The van der Waals surface area contributed by atoms with E-state index in [0.29, 0.717) is 12.0 Å². The van der Waals surface area contributed by atoms with E-state index in [2.05, 4.69) is 44.0 Å². The van der Waals surface area contributed by atoms with Crippen molar-refractivity contribution in [3.63, 3.8) is 0 Å². The van der Waals surface area contributed by atoms with Gasteiger partial charge in [-0.25, -0.2) is 4.68 Å². The largest absolute Gasteiger partial charge is 0.376 e. The van der Waals surface area contributed by atoms with Gasteiger partial charge in [-0.05, 0) is 72.2 Å². The molecule has 32 heavy (non-hydrogen) atoms. The first-order valence-corrected chi connectivity index (χ1v) is 11.9. The van der Waals surface area contributed by atoms with Crippen LogP contribution in [-0.4, -0.2) is 60.3 Å². The maximum atomic E-state index is 6.01. The van der Waals surface area contributed by atoms with Gasteiger partial charge in [-0.1, -0.05) is 19.8 Å². The summed E-state index contributed by atoms with van der Waals surface area (Å²) >= 11 is 0. The quantitative estimate of drug-likeness (QED) is 0.610. The van der Waals surface area contributed by atoms with Crippen LogP contribution in [0.15, 0.2) is 30.6 Å². The molecule has 0 N–H and O–H groups in total. The molecule has 1 aromatic carbocycles. The third-order valence-electron chi connectivity index (χ3n) is 7.53. The molecule has 168 valence electrons. The lowest BCUT2D eigenvalue weighted by molar-refractivity contribution is 0.0974. The Morgan fingerprint density at radius 3 is 2.69 bits per heavy atom. The third kappa shape index (κ3) is 3.48. The van der Waals surface area contributed by atoms with Crippen LogP contribution in [0.1, 0.15) is 45.4 Å². The van der Waals surface area contributed by atoms with Crippen molar-refractivity contribution in [2.75, 3.05) is 18.1 Å². The lowest BCUT2D eigenvalue weighted by atomic mass is 9.80. The molecule has 9 heteroatoms. The van der Waals surface area contributed by atoms with Crippen LogP contribution in [0.2, 0.25) is 0 Å². The van der Waals surface area contributed by atoms with Crippen molar-refractivity contribution in [2.45, 2.75) is 64.1 Å². The van der Waals surface area contributed by atoms with Crippen LogP contribution in [0.5, 0.6) is 0 Å². The summed E-state index contributed by atoms with van der Waals surface area (Å²) in [5.41, 5.74) is 1.97. The molecule has 1 aliphatic carbocycles. The number of ether oxygens (including phenoxy) is 1. The number of aromatic nitrogens is 7. The summed E-state index contributed by atoms with van der Waals surface area (Å²) in [6.07, 6.45) is 9.33. The Bertz CT molecular complexity index is 1040. The van der Waals surface area contributed by atoms with E-state index in [1.54, 1.807) is 11.0 Å². The number of fused-ring (bicyclic) bond motifs is 1. The molecule has 4 heterocycles. The van der Waals surface area contributed by atoms with Gasteiger partial charge in [0.15, 0.2) is 5.82 Å². The molecular formula is C23H30N8O. The predicted octanol–water partition coefficient (Wildman–Crippen LogP) is 3.11. The number of anilines is 1. The first-order valence-electron chi connectivity index (χ1n) is 11.9. The second kappa shape index (κ2) is 8.27. The Morgan fingerprint density at radius 2 is 1.91 bits per heavy atom. The van der Waals surface area contributed by atoms with Gasteiger partial charge in [0.1, 0.15) is 6.33 Å². The fraction of sp³-hybridized carbons (Fsp3) is 0.609. The first-order chi connectivity index (χ1) is 15.8. The number of tetrazole rings is 1. The van der Waals surface area contributed by atoms with Crippen LogP contribution in [0.4, 0.5) is 5.95 Å². The molecule has 4 unspecified atom stereocenters. The summed E-state index contributed by atoms with van der Waals surface area (Å²) in [5, 5.41) is 20.9. The third-order valence-corrected chi connectivity index (χ3v) is 7.53. The van der Waals surface area contributed by atoms with Crippen molar-refractivity contribution in [2.24, 2.45) is 11.8 Å². The zero-order valence-electron chi connectivity index (χ0n) is 18.5. The highest BCUT2D eigenvalue weighted by Gasteiger charge is 2.42. The number of hydrogen-bond donors (Lipinski definition) is 0. The highest BCUT2D eigenvalue weighted by Crippen LogP contribution is 2.42. The molecule has 2 saturated heterocycles. The van der Waals surface area contributed by atoms with Crippen molar-refractivity contribution < 1.29 is 4.74 Å². The summed E-state index contributed by atoms with van der Waals surface area (Å²) in [7, 11) is 0. The molecule has 9 nitrogen and oxygen atoms in total. The summed E-state index contributed by atoms with van der Waals surface area (Å²) in [6.45, 7) is 5.12. The maximum absolute atomic E-state index is 6.01. The van der Waals surface area contributed by atoms with E-state index in [9.17, 15) is 0 Å². The number of rotatable bonds is 5. The van der Waals surface area contributed by atoms with Crippen molar-refractivity contribution in [3.05, 3.63) is 30.6 Å². The lowest BCUT2D eigenvalue weighted by Gasteiger charge is -2.33. The average Bonchev–Trinajstić information content (AvgIpc) is 3.63. The zero-order chi connectivity index (χ0) is 21.5. The van der Waals surface area contributed by atoms with E-state index in [1.807, 2.05) is 12.1 Å². The van der Waals surface area contributed by atoms with E-state index in [-0.39, 0.29) is 6.10 Å². The van der Waals surface area contributed by atoms with Crippen molar-refractivity contribution in [3.8, 4) is 17.1 Å². The Morgan fingerprint density at radius 1 is 1.03 bits per heavy atom. The molecule has 2 aromatic heterocycles. The highest BCUT2D eigenvalue weighted by molar-refractivity contribution is 5.60. The molecule has 2 aliphatic heterocycles. The summed E-state index contributed by atoms with van der Waals surface area (Å²) < 4.78 is 9.98. The van der Waals surface area contributed by atoms with Crippen LogP contribution in [-0.2, 0) is 11.3 Å². The smallest absolute Gasteiger partial charge is 0.227 e. The van der Waals surface area contributed by atoms with Gasteiger partial charge >= 0.3 is 0 Å². The number of hydrogen-bond acceptors (Lipinski definition) is 7. The molecule has 3 aliphatic rings. The van der Waals surface area contributed by atoms with Crippen molar-refractivity contribution >= 4 is 5.95 Å². The van der Waals surface area contributed by atoms with Crippen LogP contribution >= 0.6 is 0 Å². The minimum absolute atomic E-state index is 0.228. The lowest BCUT2D eigenvalue weighted by Crippen LogP contribution is -2.37. The van der Waals surface area contributed by atoms with Gasteiger partial charge in [0.05, 0.1) is 18.3 Å². The minimum atomic E-state index is 0.228. The second-order valence-corrected chi connectivity index (χ2v) is 9.52. The van der Waals surface area contributed by atoms with Gasteiger partial charge in [0.25, 0.3) is 0 Å². The van der Waals surface area contributed by atoms with E-state index < -0.39 is 0 Å². The van der Waals surface area contributed by atoms with Gasteiger partial charge in [0, 0.05) is 24.8 Å². The van der Waals surface area contributed by atoms with E-state index >= 15 is 0 Å². The van der Waals surface area contributed by atoms with Gasteiger partial charge in [-0.3, -0.25) is 4.57 Å². The Kier molecular flexibility index (Phi) is 5.13. The van der Waals surface area contributed by atoms with E-state index in [4.69, 9.17) is 14.9 Å². The molecule has 0 bridgehead atoms. The molecule has 4 atom stereocenters. The fourth-order valence-corrected chi connectivity index (χ4v) is 5.93. The summed E-state index contributed by atoms with van der Waals surface area (Å²) in [5.74, 6) is 3.40. The van der Waals surface area contributed by atoms with Crippen molar-refractivity contribution in [1.82, 2.24) is 35.0 Å². The molecule has 0 radical (unpaired) electrons. The molecule has 3 aromatic rings. The zero-order valence-corrected chi connectivity index (χ0v) is 18.5. The van der Waals surface area contributed by atoms with Gasteiger partial charge in [-0.2, -0.15) is 0 Å². The molecular weight excluding hydrogens is 404 g/mol. The van der Waals surface area contributed by atoms with Crippen LogP contribution in [0.3, 0.4) is 0 Å². The molecule has 6 rings (SSSR count). The molecule has 1 saturated carbocycles. The second-order valence-electron chi connectivity index (χ2n) is 9.52. The minimum Gasteiger partial charge on any atom is -0.376 e. The molecule has 3 fully saturated rings. The van der Waals surface area contributed by atoms with Gasteiger partial charge in [-0.15, -0.1) is 15.3 Å². The average molecular weight is 435 g/mol. The van der Waals surface area contributed by atoms with E-state index in [1.165, 1.54) is 25.7 Å². The molecule has 0 amide bonds. The van der Waals surface area contributed by atoms with Crippen LogP contribution in [0.25, 0.3) is 17.1 Å². The topological polar surface area (TPSA) is 86.8 Å². The Hall–Kier alpha value is -2.81. The molecule has 0 spiro atoms. The Balaban J connectivity index is 1.36. The normalized spacial score (nSPS) is 27.7. The number of nitrogens with zero attached hydrogens (tertiary/aromatic N) is 8.